The van der Waals surface area contributed by atoms with E-state index >= 15 is 0 Å². The number of nitrogens with zero attached hydrogens (tertiary/aromatic N) is 2. The largest absolute Gasteiger partial charge is 0.382 e. The number of nitrogens with two attached hydrogens (primary N) is 1. The molecule has 0 bridgehead atoms. The van der Waals surface area contributed by atoms with Crippen molar-refractivity contribution >= 4 is 27.8 Å². The molecule has 0 aliphatic rings. The molecule has 0 spiro atoms. The average molecular weight is 325 g/mol. The molecule has 5 heteroatoms. The van der Waals surface area contributed by atoms with Crippen LogP contribution in [-0.2, 0) is 0 Å². The van der Waals surface area contributed by atoms with Crippen LogP contribution in [0.4, 0.5) is 5.82 Å². The molecule has 0 radical (unpaired) electrons. The van der Waals surface area contributed by atoms with Crippen molar-refractivity contribution in [3.05, 3.63) is 66.9 Å². The van der Waals surface area contributed by atoms with Crippen molar-refractivity contribution in [2.45, 2.75) is 0 Å². The number of aromatic nitrogens is 4. The molecule has 3 heterocycles. The van der Waals surface area contributed by atoms with Crippen molar-refractivity contribution in [2.24, 2.45) is 0 Å². The van der Waals surface area contributed by atoms with Crippen molar-refractivity contribution in [1.82, 2.24) is 20.2 Å². The molecular formula is C20H15N5. The lowest BCUT2D eigenvalue weighted by atomic mass is 10.0. The van der Waals surface area contributed by atoms with Crippen LogP contribution in [0, 0.1) is 0 Å². The minimum atomic E-state index is 0.515. The van der Waals surface area contributed by atoms with E-state index in [4.69, 9.17) is 5.73 Å². The summed E-state index contributed by atoms with van der Waals surface area (Å²) < 4.78 is 0. The molecule has 0 saturated heterocycles. The molecule has 120 valence electrons. The summed E-state index contributed by atoms with van der Waals surface area (Å²) in [5, 5.41) is 9.02. The number of anilines is 1. The molecular weight excluding hydrogens is 310 g/mol. The number of benzene rings is 2. The molecule has 0 unspecified atom stereocenters. The van der Waals surface area contributed by atoms with E-state index in [0.717, 1.165) is 44.3 Å². The Kier molecular flexibility index (Phi) is 2.87. The Bertz CT molecular complexity index is 1200. The van der Waals surface area contributed by atoms with Crippen LogP contribution in [0.2, 0.25) is 0 Å². The molecule has 3 aromatic heterocycles. The molecule has 5 nitrogen and oxygen atoms in total. The number of nitrogens with one attached hydrogen (secondary N) is 2. The molecule has 5 rings (SSSR count). The predicted octanol–water partition coefficient (Wildman–Crippen LogP) is 4.36. The van der Waals surface area contributed by atoms with E-state index in [1.807, 2.05) is 36.5 Å². The minimum absolute atomic E-state index is 0.515. The van der Waals surface area contributed by atoms with Gasteiger partial charge in [-0.3, -0.25) is 5.10 Å². The summed E-state index contributed by atoms with van der Waals surface area (Å²) in [7, 11) is 0. The van der Waals surface area contributed by atoms with Gasteiger partial charge >= 0.3 is 0 Å². The van der Waals surface area contributed by atoms with E-state index in [1.165, 1.54) is 0 Å². The van der Waals surface area contributed by atoms with Crippen LogP contribution in [0.3, 0.4) is 0 Å². The maximum atomic E-state index is 5.96. The Morgan fingerprint density at radius 3 is 2.60 bits per heavy atom. The summed E-state index contributed by atoms with van der Waals surface area (Å²) in [6.07, 6.45) is 1.83. The number of fused-ring (bicyclic) bond motifs is 2. The zero-order valence-electron chi connectivity index (χ0n) is 13.3. The Morgan fingerprint density at radius 2 is 1.72 bits per heavy atom. The van der Waals surface area contributed by atoms with Crippen LogP contribution >= 0.6 is 0 Å². The summed E-state index contributed by atoms with van der Waals surface area (Å²) in [6.45, 7) is 0. The Morgan fingerprint density at radius 1 is 0.840 bits per heavy atom. The standard InChI is InChI=1S/C20H15N5/c21-19-16-10-13(6-7-17(16)24-25-19)14-8-9-22-20-15(14)11-18(23-20)12-4-2-1-3-5-12/h1-11H,(H,22,23)(H3,21,24,25). The first kappa shape index (κ1) is 13.8. The first-order valence-electron chi connectivity index (χ1n) is 8.07. The summed E-state index contributed by atoms with van der Waals surface area (Å²) >= 11 is 0. The van der Waals surface area contributed by atoms with Gasteiger partial charge in [0, 0.05) is 22.7 Å². The first-order valence-corrected chi connectivity index (χ1v) is 8.07. The van der Waals surface area contributed by atoms with Crippen molar-refractivity contribution in [2.75, 3.05) is 5.73 Å². The Balaban J connectivity index is 1.72. The highest BCUT2D eigenvalue weighted by molar-refractivity contribution is 5.99. The van der Waals surface area contributed by atoms with Gasteiger partial charge in [-0.1, -0.05) is 36.4 Å². The number of pyridine rings is 1. The highest BCUT2D eigenvalue weighted by atomic mass is 15.1. The topological polar surface area (TPSA) is 83.4 Å². The van der Waals surface area contributed by atoms with E-state index in [2.05, 4.69) is 50.5 Å². The van der Waals surface area contributed by atoms with Gasteiger partial charge in [0.05, 0.1) is 5.52 Å². The average Bonchev–Trinajstić information content (AvgIpc) is 3.26. The number of nitrogen functional groups attached to an aromatic ring is 1. The fraction of sp³-hybridized carbons (Fsp3) is 0. The van der Waals surface area contributed by atoms with E-state index in [9.17, 15) is 0 Å². The maximum Gasteiger partial charge on any atom is 0.153 e. The van der Waals surface area contributed by atoms with Gasteiger partial charge in [0.2, 0.25) is 0 Å². The van der Waals surface area contributed by atoms with Gasteiger partial charge in [0.25, 0.3) is 0 Å². The van der Waals surface area contributed by atoms with E-state index < -0.39 is 0 Å². The molecule has 0 aliphatic heterocycles. The van der Waals surface area contributed by atoms with Crippen LogP contribution in [0.1, 0.15) is 0 Å². The highest BCUT2D eigenvalue weighted by Gasteiger charge is 2.11. The lowest BCUT2D eigenvalue weighted by molar-refractivity contribution is 1.13. The number of H-pyrrole nitrogens is 2. The van der Waals surface area contributed by atoms with Gasteiger partial charge in [-0.25, -0.2) is 4.98 Å². The molecule has 0 amide bonds. The smallest absolute Gasteiger partial charge is 0.153 e. The van der Waals surface area contributed by atoms with Crippen LogP contribution in [0.25, 0.3) is 44.3 Å². The monoisotopic (exact) mass is 325 g/mol. The molecule has 0 aliphatic carbocycles. The van der Waals surface area contributed by atoms with Gasteiger partial charge in [0.1, 0.15) is 5.65 Å². The van der Waals surface area contributed by atoms with Crippen LogP contribution < -0.4 is 5.73 Å². The Labute approximate surface area is 143 Å². The molecule has 0 saturated carbocycles. The number of aromatic amines is 2. The van der Waals surface area contributed by atoms with E-state index in [1.54, 1.807) is 0 Å². The van der Waals surface area contributed by atoms with Gasteiger partial charge in [-0.2, -0.15) is 5.10 Å². The van der Waals surface area contributed by atoms with Crippen molar-refractivity contribution in [3.8, 4) is 22.4 Å². The van der Waals surface area contributed by atoms with Gasteiger partial charge in [0.15, 0.2) is 5.82 Å². The third kappa shape index (κ3) is 2.17. The lowest BCUT2D eigenvalue weighted by Gasteiger charge is -2.03. The predicted molar refractivity (Wildman–Crippen MR) is 101 cm³/mol. The third-order valence-electron chi connectivity index (χ3n) is 4.52. The lowest BCUT2D eigenvalue weighted by Crippen LogP contribution is -1.85. The molecule has 2 aromatic carbocycles. The summed E-state index contributed by atoms with van der Waals surface area (Å²) in [5.41, 5.74) is 12.2. The third-order valence-corrected chi connectivity index (χ3v) is 4.52. The second kappa shape index (κ2) is 5.21. The quantitative estimate of drug-likeness (QED) is 0.451. The first-order chi connectivity index (χ1) is 12.3. The fourth-order valence-electron chi connectivity index (χ4n) is 3.25. The highest BCUT2D eigenvalue weighted by Crippen LogP contribution is 2.33. The van der Waals surface area contributed by atoms with Gasteiger partial charge < -0.3 is 10.7 Å². The molecule has 5 aromatic rings. The van der Waals surface area contributed by atoms with E-state index in [0.29, 0.717) is 5.82 Å². The molecule has 4 N–H and O–H groups in total. The zero-order valence-corrected chi connectivity index (χ0v) is 13.3. The van der Waals surface area contributed by atoms with Gasteiger partial charge in [-0.05, 0) is 41.0 Å². The van der Waals surface area contributed by atoms with Crippen molar-refractivity contribution < 1.29 is 0 Å². The molecule has 0 fully saturated rings. The zero-order chi connectivity index (χ0) is 16.8. The summed E-state index contributed by atoms with van der Waals surface area (Å²) in [6, 6.07) is 20.6. The van der Waals surface area contributed by atoms with Crippen LogP contribution in [0.5, 0.6) is 0 Å². The number of rotatable bonds is 2. The van der Waals surface area contributed by atoms with Crippen LogP contribution in [0.15, 0.2) is 66.9 Å². The molecule has 25 heavy (non-hydrogen) atoms. The second-order valence-electron chi connectivity index (χ2n) is 6.04. The summed E-state index contributed by atoms with van der Waals surface area (Å²) in [4.78, 5) is 7.90. The second-order valence-corrected chi connectivity index (χ2v) is 6.04. The SMILES string of the molecule is Nc1n[nH]c2ccc(-c3ccnc4[nH]c(-c5ccccc5)cc34)cc12. The molecule has 0 atom stereocenters. The maximum absolute atomic E-state index is 5.96. The van der Waals surface area contributed by atoms with Crippen molar-refractivity contribution in [1.29, 1.82) is 0 Å². The minimum Gasteiger partial charge on any atom is -0.382 e. The summed E-state index contributed by atoms with van der Waals surface area (Å²) in [5.74, 6) is 0.515. The van der Waals surface area contributed by atoms with Crippen LogP contribution in [-0.4, -0.2) is 20.2 Å². The normalized spacial score (nSPS) is 11.4. The number of hydrogen-bond donors (Lipinski definition) is 3. The van der Waals surface area contributed by atoms with E-state index in [-0.39, 0.29) is 0 Å². The number of hydrogen-bond acceptors (Lipinski definition) is 3. The van der Waals surface area contributed by atoms with Gasteiger partial charge in [-0.15, -0.1) is 0 Å². The van der Waals surface area contributed by atoms with Crippen molar-refractivity contribution in [3.63, 3.8) is 0 Å². The fourth-order valence-corrected chi connectivity index (χ4v) is 3.25. The Hall–Kier alpha value is -3.60.